The third kappa shape index (κ3) is 9.36. The molecular weight excluding hydrogens is 597 g/mol. The van der Waals surface area contributed by atoms with Gasteiger partial charge in [0, 0.05) is 25.6 Å². The zero-order valence-electron chi connectivity index (χ0n) is 22.2. The summed E-state index contributed by atoms with van der Waals surface area (Å²) >= 11 is 12.3. The Labute approximate surface area is 254 Å². The largest absolute Gasteiger partial charge is 0.412 e. The Kier molecular flexibility index (Phi) is 13.4. The number of nitrogens with two attached hydrogens (primary N) is 1. The van der Waals surface area contributed by atoms with Crippen molar-refractivity contribution in [1.29, 1.82) is 0 Å². The minimum atomic E-state index is -0.550. The van der Waals surface area contributed by atoms with Gasteiger partial charge in [0.15, 0.2) is 0 Å². The molecule has 1 aliphatic rings. The maximum atomic E-state index is 13.5. The standard InChI is InChI=1S/C29H30Cl2F2N4O2.ClH.H2O/c30-24-4-1-5-25(31)28(24)35-27(38)18-36-15-16-37(26(17-36)29(34)39)14-2-3-23(19-6-10-21(32)11-7-19)20-8-12-22(33)13-9-20;;/h1,4-13,23,26H,2-3,14-18H2,(H2,34,39)(H,35,38);1H;1H2. The highest BCUT2D eigenvalue weighted by atomic mass is 35.5. The third-order valence-corrected chi connectivity index (χ3v) is 7.61. The molecule has 12 heteroatoms. The molecule has 7 nitrogen and oxygen atoms in total. The summed E-state index contributed by atoms with van der Waals surface area (Å²) in [5.74, 6) is -1.43. The zero-order chi connectivity index (χ0) is 27.9. The molecule has 1 atom stereocenters. The normalized spacial score (nSPS) is 15.6. The number of anilines is 1. The van der Waals surface area contributed by atoms with Gasteiger partial charge in [0.2, 0.25) is 11.8 Å². The van der Waals surface area contributed by atoms with Gasteiger partial charge in [0.1, 0.15) is 17.7 Å². The lowest BCUT2D eigenvalue weighted by atomic mass is 9.87. The quantitative estimate of drug-likeness (QED) is 0.333. The summed E-state index contributed by atoms with van der Waals surface area (Å²) in [5.41, 5.74) is 7.96. The van der Waals surface area contributed by atoms with E-state index in [1.807, 2.05) is 9.80 Å². The maximum Gasteiger partial charge on any atom is 0.238 e. The molecule has 1 unspecified atom stereocenters. The number of amides is 2. The van der Waals surface area contributed by atoms with E-state index in [0.717, 1.165) is 17.5 Å². The van der Waals surface area contributed by atoms with Crippen LogP contribution in [0, 0.1) is 11.6 Å². The highest BCUT2D eigenvalue weighted by Gasteiger charge is 2.31. The number of para-hydroxylation sites is 1. The van der Waals surface area contributed by atoms with Gasteiger partial charge < -0.3 is 16.5 Å². The summed E-state index contributed by atoms with van der Waals surface area (Å²) in [6.07, 6.45) is 1.44. The fourth-order valence-corrected chi connectivity index (χ4v) is 5.46. The van der Waals surface area contributed by atoms with E-state index >= 15 is 0 Å². The average molecular weight is 630 g/mol. The lowest BCUT2D eigenvalue weighted by Gasteiger charge is -2.39. The van der Waals surface area contributed by atoms with Crippen LogP contribution in [0.4, 0.5) is 14.5 Å². The Bertz CT molecular complexity index is 1230. The molecule has 1 aliphatic heterocycles. The molecule has 0 saturated carbocycles. The number of benzene rings is 3. The first-order valence-corrected chi connectivity index (χ1v) is 13.5. The van der Waals surface area contributed by atoms with Crippen molar-refractivity contribution < 1.29 is 23.8 Å². The first kappa shape index (κ1) is 34.4. The molecule has 1 fully saturated rings. The van der Waals surface area contributed by atoms with Crippen molar-refractivity contribution in [1.82, 2.24) is 9.80 Å². The first-order valence-electron chi connectivity index (χ1n) is 12.7. The minimum absolute atomic E-state index is 0. The van der Waals surface area contributed by atoms with E-state index in [0.29, 0.717) is 48.3 Å². The number of carbonyl (C=O) groups excluding carboxylic acids is 2. The molecule has 41 heavy (non-hydrogen) atoms. The summed E-state index contributed by atoms with van der Waals surface area (Å²) < 4.78 is 27.1. The Morgan fingerprint density at radius 1 is 0.927 bits per heavy atom. The monoisotopic (exact) mass is 628 g/mol. The summed E-state index contributed by atoms with van der Waals surface area (Å²) in [5, 5.41) is 3.43. The molecule has 0 aromatic heterocycles. The second-order valence-electron chi connectivity index (χ2n) is 9.63. The lowest BCUT2D eigenvalue weighted by Crippen LogP contribution is -2.59. The second kappa shape index (κ2) is 16.0. The average Bonchev–Trinajstić information content (AvgIpc) is 2.91. The van der Waals surface area contributed by atoms with E-state index in [4.69, 9.17) is 28.9 Å². The van der Waals surface area contributed by atoms with E-state index in [1.54, 1.807) is 42.5 Å². The van der Waals surface area contributed by atoms with Crippen molar-refractivity contribution >= 4 is 53.1 Å². The first-order chi connectivity index (χ1) is 18.7. The zero-order valence-corrected chi connectivity index (χ0v) is 24.5. The van der Waals surface area contributed by atoms with Crippen LogP contribution in [0.15, 0.2) is 66.7 Å². The van der Waals surface area contributed by atoms with E-state index in [1.165, 1.54) is 24.3 Å². The molecule has 1 saturated heterocycles. The van der Waals surface area contributed by atoms with Crippen molar-refractivity contribution in [3.8, 4) is 0 Å². The van der Waals surface area contributed by atoms with Gasteiger partial charge in [-0.15, -0.1) is 12.4 Å². The number of nitrogens with zero attached hydrogens (tertiary/aromatic N) is 2. The van der Waals surface area contributed by atoms with Crippen molar-refractivity contribution in [3.63, 3.8) is 0 Å². The number of nitrogens with one attached hydrogen (secondary N) is 1. The van der Waals surface area contributed by atoms with Gasteiger partial charge in [-0.2, -0.15) is 0 Å². The van der Waals surface area contributed by atoms with E-state index < -0.39 is 11.9 Å². The van der Waals surface area contributed by atoms with Crippen LogP contribution in [0.1, 0.15) is 29.9 Å². The van der Waals surface area contributed by atoms with Gasteiger partial charge in [-0.25, -0.2) is 8.78 Å². The van der Waals surface area contributed by atoms with Gasteiger partial charge >= 0.3 is 0 Å². The Morgan fingerprint density at radius 2 is 1.46 bits per heavy atom. The summed E-state index contributed by atoms with van der Waals surface area (Å²) in [6, 6.07) is 17.1. The van der Waals surface area contributed by atoms with Crippen molar-refractivity contribution in [3.05, 3.63) is 99.5 Å². The lowest BCUT2D eigenvalue weighted by molar-refractivity contribution is -0.127. The van der Waals surface area contributed by atoms with Crippen LogP contribution in [-0.2, 0) is 9.59 Å². The summed E-state index contributed by atoms with van der Waals surface area (Å²) in [4.78, 5) is 28.9. The van der Waals surface area contributed by atoms with Crippen LogP contribution >= 0.6 is 35.6 Å². The van der Waals surface area contributed by atoms with Crippen molar-refractivity contribution in [2.45, 2.75) is 24.8 Å². The van der Waals surface area contributed by atoms with E-state index in [2.05, 4.69) is 5.32 Å². The van der Waals surface area contributed by atoms with Crippen LogP contribution in [0.2, 0.25) is 10.0 Å². The molecule has 1 heterocycles. The van der Waals surface area contributed by atoms with Crippen LogP contribution < -0.4 is 11.1 Å². The molecule has 0 radical (unpaired) electrons. The number of hydrogen-bond acceptors (Lipinski definition) is 4. The van der Waals surface area contributed by atoms with E-state index in [9.17, 15) is 18.4 Å². The number of hydrogen-bond donors (Lipinski definition) is 2. The number of piperazine rings is 1. The maximum absolute atomic E-state index is 13.5. The molecule has 2 amide bonds. The Hall–Kier alpha value is -2.79. The van der Waals surface area contributed by atoms with E-state index in [-0.39, 0.29) is 47.9 Å². The molecule has 0 aliphatic carbocycles. The number of halogens is 5. The van der Waals surface area contributed by atoms with Crippen molar-refractivity contribution in [2.24, 2.45) is 5.73 Å². The number of carbonyl (C=O) groups is 2. The number of rotatable bonds is 10. The molecule has 0 bridgehead atoms. The van der Waals surface area contributed by atoms with Crippen LogP contribution in [0.25, 0.3) is 0 Å². The third-order valence-electron chi connectivity index (χ3n) is 6.98. The predicted octanol–water partition coefficient (Wildman–Crippen LogP) is 4.89. The van der Waals surface area contributed by atoms with Gasteiger partial charge in [0.25, 0.3) is 0 Å². The Morgan fingerprint density at radius 3 is 1.98 bits per heavy atom. The fraction of sp³-hybridized carbons (Fsp3) is 0.310. The van der Waals surface area contributed by atoms with Gasteiger partial charge in [-0.3, -0.25) is 19.4 Å². The molecule has 222 valence electrons. The second-order valence-corrected chi connectivity index (χ2v) is 10.4. The Balaban J connectivity index is 0.00000294. The van der Waals surface area contributed by atoms with Crippen molar-refractivity contribution in [2.75, 3.05) is 38.0 Å². The highest BCUT2D eigenvalue weighted by molar-refractivity contribution is 6.39. The van der Waals surface area contributed by atoms with Crippen LogP contribution in [0.5, 0.6) is 0 Å². The topological polar surface area (TPSA) is 110 Å². The molecule has 4 rings (SSSR count). The van der Waals surface area contributed by atoms with Gasteiger partial charge in [-0.05, 0) is 66.9 Å². The molecular formula is C29H33Cl3F2N4O3. The molecule has 3 aromatic rings. The summed E-state index contributed by atoms with van der Waals surface area (Å²) in [7, 11) is 0. The van der Waals surface area contributed by atoms with Crippen LogP contribution in [-0.4, -0.2) is 65.9 Å². The summed E-state index contributed by atoms with van der Waals surface area (Å²) in [6.45, 7) is 2.13. The molecule has 3 aromatic carbocycles. The molecule has 5 N–H and O–H groups in total. The van der Waals surface area contributed by atoms with Crippen LogP contribution in [0.3, 0.4) is 0 Å². The van der Waals surface area contributed by atoms with Gasteiger partial charge in [-0.1, -0.05) is 53.5 Å². The van der Waals surface area contributed by atoms with Gasteiger partial charge in [0.05, 0.1) is 22.3 Å². The SMILES string of the molecule is Cl.NC(=O)C1CN(CC(=O)Nc2c(Cl)cccc2Cl)CCN1CCCC(c1ccc(F)cc1)c1ccc(F)cc1.O. The number of primary amides is 1. The fourth-order valence-electron chi connectivity index (χ4n) is 4.97. The molecule has 0 spiro atoms. The highest BCUT2D eigenvalue weighted by Crippen LogP contribution is 2.31. The predicted molar refractivity (Wildman–Crippen MR) is 161 cm³/mol. The smallest absolute Gasteiger partial charge is 0.238 e. The minimum Gasteiger partial charge on any atom is -0.412 e.